The number of rotatable bonds is 5. The van der Waals surface area contributed by atoms with Crippen LogP contribution in [0.3, 0.4) is 0 Å². The molecule has 1 N–H and O–H groups in total. The van der Waals surface area contributed by atoms with E-state index in [4.69, 9.17) is 14.5 Å². The number of hydrogen-bond donors (Lipinski definition) is 1. The molecule has 0 bridgehead atoms. The third kappa shape index (κ3) is 3.77. The zero-order valence-corrected chi connectivity index (χ0v) is 17.8. The molecule has 5 rings (SSSR count). The van der Waals surface area contributed by atoms with Crippen LogP contribution in [0.5, 0.6) is 11.5 Å². The van der Waals surface area contributed by atoms with Crippen LogP contribution >= 0.6 is 0 Å². The smallest absolute Gasteiger partial charge is 0.162 e. The van der Waals surface area contributed by atoms with Crippen LogP contribution in [-0.2, 0) is 12.8 Å². The molecular weight excluding hydrogens is 362 g/mol. The van der Waals surface area contributed by atoms with Crippen molar-refractivity contribution in [1.82, 2.24) is 9.88 Å². The van der Waals surface area contributed by atoms with Crippen molar-refractivity contribution in [3.63, 3.8) is 0 Å². The number of piperidine rings is 1. The highest BCUT2D eigenvalue weighted by Gasteiger charge is 2.33. The molecule has 2 heterocycles. The lowest BCUT2D eigenvalue weighted by Crippen LogP contribution is -2.43. The highest BCUT2D eigenvalue weighted by atomic mass is 16.5. The number of pyridine rings is 1. The van der Waals surface area contributed by atoms with Crippen molar-refractivity contribution in [2.45, 2.75) is 69.9 Å². The van der Waals surface area contributed by atoms with Gasteiger partial charge in [-0.1, -0.05) is 6.42 Å². The van der Waals surface area contributed by atoms with Gasteiger partial charge in [-0.2, -0.15) is 0 Å². The van der Waals surface area contributed by atoms with Crippen LogP contribution in [0.25, 0.3) is 10.9 Å². The lowest BCUT2D eigenvalue weighted by Gasteiger charge is -2.34. The van der Waals surface area contributed by atoms with E-state index < -0.39 is 0 Å². The Hall–Kier alpha value is -2.01. The molecule has 29 heavy (non-hydrogen) atoms. The summed E-state index contributed by atoms with van der Waals surface area (Å²) in [5.41, 5.74) is 5.03. The number of aromatic nitrogens is 1. The van der Waals surface area contributed by atoms with Gasteiger partial charge in [0.25, 0.3) is 0 Å². The number of methoxy groups -OCH3 is 2. The molecule has 2 aliphatic carbocycles. The molecule has 0 unspecified atom stereocenters. The summed E-state index contributed by atoms with van der Waals surface area (Å²) in [5.74, 6) is 1.53. The lowest BCUT2D eigenvalue weighted by molar-refractivity contribution is 0.207. The van der Waals surface area contributed by atoms with Gasteiger partial charge in [0.1, 0.15) is 0 Å². The summed E-state index contributed by atoms with van der Waals surface area (Å²) in [4.78, 5) is 7.78. The third-order valence-electron chi connectivity index (χ3n) is 6.88. The quantitative estimate of drug-likeness (QED) is 0.752. The van der Waals surface area contributed by atoms with E-state index in [1.54, 1.807) is 14.2 Å². The van der Waals surface area contributed by atoms with Gasteiger partial charge in [0, 0.05) is 41.5 Å². The molecule has 0 radical (unpaired) electrons. The Balaban J connectivity index is 1.57. The molecule has 1 atom stereocenters. The van der Waals surface area contributed by atoms with E-state index in [-0.39, 0.29) is 0 Å². The Bertz CT molecular complexity index is 894. The number of fused-ring (bicyclic) bond motifs is 2. The first-order valence-electron chi connectivity index (χ1n) is 11.3. The van der Waals surface area contributed by atoms with Crippen LogP contribution < -0.4 is 14.8 Å². The first-order chi connectivity index (χ1) is 14.3. The number of aryl methyl sites for hydroxylation is 1. The summed E-state index contributed by atoms with van der Waals surface area (Å²) in [5, 5.41) is 5.18. The van der Waals surface area contributed by atoms with Gasteiger partial charge in [-0.3, -0.25) is 9.88 Å². The van der Waals surface area contributed by atoms with E-state index in [0.29, 0.717) is 6.04 Å². The molecule has 0 amide bonds. The normalized spacial score (nSPS) is 22.8. The van der Waals surface area contributed by atoms with Crippen molar-refractivity contribution in [1.29, 1.82) is 0 Å². The summed E-state index contributed by atoms with van der Waals surface area (Å²) in [6.07, 6.45) is 11.3. The second kappa shape index (κ2) is 8.02. The Morgan fingerprint density at radius 1 is 0.966 bits per heavy atom. The van der Waals surface area contributed by atoms with E-state index in [2.05, 4.69) is 16.3 Å². The van der Waals surface area contributed by atoms with E-state index in [1.165, 1.54) is 73.8 Å². The summed E-state index contributed by atoms with van der Waals surface area (Å²) < 4.78 is 11.2. The number of nitrogens with one attached hydrogen (secondary N) is 1. The Labute approximate surface area is 173 Å². The molecule has 2 aromatic rings. The zero-order chi connectivity index (χ0) is 19.8. The maximum absolute atomic E-state index is 5.63. The molecule has 5 nitrogen and oxygen atoms in total. The maximum atomic E-state index is 5.63. The van der Waals surface area contributed by atoms with E-state index in [1.807, 2.05) is 6.07 Å². The zero-order valence-electron chi connectivity index (χ0n) is 17.8. The van der Waals surface area contributed by atoms with E-state index in [9.17, 15) is 0 Å². The van der Waals surface area contributed by atoms with Crippen LogP contribution in [0.1, 0.15) is 56.2 Å². The number of benzene rings is 1. The van der Waals surface area contributed by atoms with E-state index >= 15 is 0 Å². The second-order valence-corrected chi connectivity index (χ2v) is 8.91. The Kier molecular flexibility index (Phi) is 5.25. The van der Waals surface area contributed by atoms with Crippen molar-refractivity contribution >= 4 is 16.6 Å². The fraction of sp³-hybridized carbons (Fsp3) is 0.625. The van der Waals surface area contributed by atoms with Gasteiger partial charge in [-0.05, 0) is 69.5 Å². The largest absolute Gasteiger partial charge is 0.493 e. The summed E-state index contributed by atoms with van der Waals surface area (Å²) >= 11 is 0. The highest BCUT2D eigenvalue weighted by molar-refractivity contribution is 5.96. The third-order valence-corrected chi connectivity index (χ3v) is 6.88. The molecular formula is C24H33N3O2. The monoisotopic (exact) mass is 395 g/mol. The van der Waals surface area contributed by atoms with Crippen molar-refractivity contribution in [2.24, 2.45) is 0 Å². The topological polar surface area (TPSA) is 46.6 Å². The van der Waals surface area contributed by atoms with Gasteiger partial charge in [0.05, 0.1) is 19.7 Å². The number of likely N-dealkylation sites (tertiary alicyclic amines) is 1. The second-order valence-electron chi connectivity index (χ2n) is 8.91. The molecule has 156 valence electrons. The highest BCUT2D eigenvalue weighted by Crippen LogP contribution is 2.39. The van der Waals surface area contributed by atoms with Gasteiger partial charge in [0.2, 0.25) is 0 Å². The molecule has 1 aliphatic heterocycles. The van der Waals surface area contributed by atoms with E-state index in [0.717, 1.165) is 42.4 Å². The fourth-order valence-corrected chi connectivity index (χ4v) is 5.19. The number of nitrogens with zero attached hydrogens (tertiary/aromatic N) is 2. The van der Waals surface area contributed by atoms with Crippen LogP contribution in [0.15, 0.2) is 12.1 Å². The summed E-state index contributed by atoms with van der Waals surface area (Å²) in [7, 11) is 3.41. The summed E-state index contributed by atoms with van der Waals surface area (Å²) in [6, 6.07) is 5.52. The predicted molar refractivity (Wildman–Crippen MR) is 117 cm³/mol. The number of ether oxygens (including phenoxy) is 2. The Morgan fingerprint density at radius 3 is 2.55 bits per heavy atom. The van der Waals surface area contributed by atoms with Crippen molar-refractivity contribution in [2.75, 3.05) is 32.6 Å². The van der Waals surface area contributed by atoms with Gasteiger partial charge in [-0.15, -0.1) is 0 Å². The van der Waals surface area contributed by atoms with Crippen molar-refractivity contribution in [3.8, 4) is 11.5 Å². The van der Waals surface area contributed by atoms with Crippen molar-refractivity contribution in [3.05, 3.63) is 23.4 Å². The molecule has 3 aliphatic rings. The first kappa shape index (κ1) is 19.0. The van der Waals surface area contributed by atoms with Gasteiger partial charge < -0.3 is 14.8 Å². The molecule has 2 fully saturated rings. The minimum absolute atomic E-state index is 0.510. The standard InChI is InChI=1S/C24H33N3O2/c1-28-22-13-19-21(14-23(22)29-2)26-20-9-5-3-4-8-18(20)24(19)25-16-7-6-12-27(15-16)17-10-11-17/h13-14,16-17H,3-12,15H2,1-2H3,(H,25,26)/t16-/m1/s1. The molecule has 5 heteroatoms. The van der Waals surface area contributed by atoms with Crippen LogP contribution in [0.2, 0.25) is 0 Å². The maximum Gasteiger partial charge on any atom is 0.162 e. The molecule has 1 aromatic heterocycles. The Morgan fingerprint density at radius 2 is 1.76 bits per heavy atom. The average Bonchev–Trinajstić information content (AvgIpc) is 3.60. The molecule has 1 aromatic carbocycles. The SMILES string of the molecule is COc1cc2nc3c(c(N[C@@H]4CCCN(C5CC5)C4)c2cc1OC)CCCCC3. The minimum atomic E-state index is 0.510. The molecule has 1 saturated heterocycles. The predicted octanol–water partition coefficient (Wildman–Crippen LogP) is 4.56. The van der Waals surface area contributed by atoms with Crippen molar-refractivity contribution < 1.29 is 9.47 Å². The van der Waals surface area contributed by atoms with Gasteiger partial charge in [0.15, 0.2) is 11.5 Å². The average molecular weight is 396 g/mol. The summed E-state index contributed by atoms with van der Waals surface area (Å²) in [6.45, 7) is 2.43. The van der Waals surface area contributed by atoms with Crippen LogP contribution in [0, 0.1) is 0 Å². The first-order valence-corrected chi connectivity index (χ1v) is 11.3. The van der Waals surface area contributed by atoms with Gasteiger partial charge >= 0.3 is 0 Å². The molecule has 0 spiro atoms. The number of anilines is 1. The van der Waals surface area contributed by atoms with Crippen LogP contribution in [-0.4, -0.2) is 49.3 Å². The lowest BCUT2D eigenvalue weighted by atomic mass is 9.99. The number of hydrogen-bond acceptors (Lipinski definition) is 5. The minimum Gasteiger partial charge on any atom is -0.493 e. The fourth-order valence-electron chi connectivity index (χ4n) is 5.19. The van der Waals surface area contributed by atoms with Gasteiger partial charge in [-0.25, -0.2) is 0 Å². The molecule has 1 saturated carbocycles. The van der Waals surface area contributed by atoms with Crippen LogP contribution in [0.4, 0.5) is 5.69 Å².